The summed E-state index contributed by atoms with van der Waals surface area (Å²) < 4.78 is 6.90. The van der Waals surface area contributed by atoms with Gasteiger partial charge in [0.15, 0.2) is 0 Å². The van der Waals surface area contributed by atoms with Crippen molar-refractivity contribution in [3.8, 4) is 0 Å². The maximum absolute atomic E-state index is 5.09. The molecule has 2 rings (SSSR count). The molecule has 0 bridgehead atoms. The highest BCUT2D eigenvalue weighted by Crippen LogP contribution is 2.19. The number of benzene rings is 1. The first-order valence-electron chi connectivity index (χ1n) is 6.02. The number of rotatable bonds is 5. The maximum atomic E-state index is 5.09. The van der Waals surface area contributed by atoms with E-state index in [1.807, 2.05) is 24.1 Å². The Bertz CT molecular complexity index is 490. The minimum atomic E-state index is 0.243. The highest BCUT2D eigenvalue weighted by Gasteiger charge is 2.06. The summed E-state index contributed by atoms with van der Waals surface area (Å²) in [4.78, 5) is 0. The smallest absolute Gasteiger partial charge is 0.0713 e. The number of anilines is 1. The van der Waals surface area contributed by atoms with Gasteiger partial charge in [-0.15, -0.1) is 0 Å². The minimum Gasteiger partial charge on any atom is -0.380 e. The second kappa shape index (κ2) is 5.69. The molecular formula is C14H19N3O. The Labute approximate surface area is 108 Å². The fourth-order valence-electron chi connectivity index (χ4n) is 1.86. The lowest BCUT2D eigenvalue weighted by molar-refractivity contribution is 0.185. The molecule has 96 valence electrons. The summed E-state index contributed by atoms with van der Waals surface area (Å²) in [5.74, 6) is 0. The van der Waals surface area contributed by atoms with Crippen molar-refractivity contribution in [3.63, 3.8) is 0 Å². The van der Waals surface area contributed by atoms with Gasteiger partial charge in [0.05, 0.1) is 18.8 Å². The van der Waals surface area contributed by atoms with E-state index in [2.05, 4.69) is 41.6 Å². The van der Waals surface area contributed by atoms with E-state index in [-0.39, 0.29) is 6.04 Å². The number of nitrogens with zero attached hydrogens (tertiary/aromatic N) is 2. The molecule has 1 aromatic carbocycles. The molecule has 0 aliphatic rings. The van der Waals surface area contributed by atoms with Gasteiger partial charge in [0.25, 0.3) is 0 Å². The van der Waals surface area contributed by atoms with Gasteiger partial charge < -0.3 is 10.1 Å². The SMILES string of the molecule is COCc1ccc(NC(C)c2cnn(C)c2)cc1. The van der Waals surface area contributed by atoms with Crippen molar-refractivity contribution in [2.45, 2.75) is 19.6 Å². The highest BCUT2D eigenvalue weighted by molar-refractivity contribution is 5.46. The molecule has 1 aromatic heterocycles. The Morgan fingerprint density at radius 2 is 2.06 bits per heavy atom. The van der Waals surface area contributed by atoms with Gasteiger partial charge in [-0.2, -0.15) is 5.10 Å². The van der Waals surface area contributed by atoms with Gasteiger partial charge >= 0.3 is 0 Å². The molecule has 4 nitrogen and oxygen atoms in total. The number of aromatic nitrogens is 2. The van der Waals surface area contributed by atoms with Crippen LogP contribution in [0.25, 0.3) is 0 Å². The van der Waals surface area contributed by atoms with Crippen LogP contribution in [0.15, 0.2) is 36.7 Å². The van der Waals surface area contributed by atoms with Crippen LogP contribution in [0.3, 0.4) is 0 Å². The Balaban J connectivity index is 2.00. The van der Waals surface area contributed by atoms with Gasteiger partial charge in [-0.1, -0.05) is 12.1 Å². The van der Waals surface area contributed by atoms with Gasteiger partial charge in [-0.25, -0.2) is 0 Å². The number of ether oxygens (including phenoxy) is 1. The Hall–Kier alpha value is -1.81. The normalized spacial score (nSPS) is 12.4. The molecule has 1 atom stereocenters. The molecule has 0 spiro atoms. The molecule has 0 radical (unpaired) electrons. The predicted molar refractivity (Wildman–Crippen MR) is 72.4 cm³/mol. The fourth-order valence-corrected chi connectivity index (χ4v) is 1.86. The summed E-state index contributed by atoms with van der Waals surface area (Å²) in [5, 5.41) is 7.62. The van der Waals surface area contributed by atoms with Crippen molar-refractivity contribution in [1.29, 1.82) is 0 Å². The number of nitrogens with one attached hydrogen (secondary N) is 1. The van der Waals surface area contributed by atoms with Gasteiger partial charge in [0, 0.05) is 31.6 Å². The van der Waals surface area contributed by atoms with Crippen molar-refractivity contribution in [2.75, 3.05) is 12.4 Å². The van der Waals surface area contributed by atoms with E-state index in [1.165, 1.54) is 11.1 Å². The molecule has 0 saturated carbocycles. The van der Waals surface area contributed by atoms with Crippen LogP contribution in [-0.4, -0.2) is 16.9 Å². The third-order valence-electron chi connectivity index (χ3n) is 2.87. The molecule has 1 unspecified atom stereocenters. The lowest BCUT2D eigenvalue weighted by Crippen LogP contribution is -2.05. The third kappa shape index (κ3) is 3.11. The van der Waals surface area contributed by atoms with Crippen molar-refractivity contribution in [2.24, 2.45) is 7.05 Å². The Kier molecular flexibility index (Phi) is 3.99. The van der Waals surface area contributed by atoms with Crippen molar-refractivity contribution in [1.82, 2.24) is 9.78 Å². The molecule has 1 heterocycles. The van der Waals surface area contributed by atoms with E-state index >= 15 is 0 Å². The zero-order valence-electron chi connectivity index (χ0n) is 11.1. The van der Waals surface area contributed by atoms with Gasteiger partial charge in [0.1, 0.15) is 0 Å². The second-order valence-corrected chi connectivity index (χ2v) is 4.44. The molecule has 1 N–H and O–H groups in total. The molecular weight excluding hydrogens is 226 g/mol. The van der Waals surface area contributed by atoms with Crippen LogP contribution < -0.4 is 5.32 Å². The first-order chi connectivity index (χ1) is 8.69. The molecule has 0 amide bonds. The highest BCUT2D eigenvalue weighted by atomic mass is 16.5. The minimum absolute atomic E-state index is 0.243. The number of aryl methyl sites for hydroxylation is 1. The number of methoxy groups -OCH3 is 1. The van der Waals surface area contributed by atoms with Crippen LogP contribution in [0, 0.1) is 0 Å². The summed E-state index contributed by atoms with van der Waals surface area (Å²) >= 11 is 0. The monoisotopic (exact) mass is 245 g/mol. The van der Waals surface area contributed by atoms with E-state index in [0.29, 0.717) is 6.61 Å². The van der Waals surface area contributed by atoms with Crippen LogP contribution in [0.1, 0.15) is 24.1 Å². The predicted octanol–water partition coefficient (Wildman–Crippen LogP) is 2.74. The average Bonchev–Trinajstić information content (AvgIpc) is 2.79. The Morgan fingerprint density at radius 3 is 2.61 bits per heavy atom. The second-order valence-electron chi connectivity index (χ2n) is 4.44. The molecule has 0 aliphatic heterocycles. The van der Waals surface area contributed by atoms with Crippen molar-refractivity contribution >= 4 is 5.69 Å². The average molecular weight is 245 g/mol. The zero-order valence-corrected chi connectivity index (χ0v) is 11.1. The zero-order chi connectivity index (χ0) is 13.0. The largest absolute Gasteiger partial charge is 0.380 e. The molecule has 4 heteroatoms. The molecule has 0 aliphatic carbocycles. The van der Waals surface area contributed by atoms with Crippen LogP contribution in [0.2, 0.25) is 0 Å². The standard InChI is InChI=1S/C14H19N3O/c1-11(13-8-15-17(2)9-13)16-14-6-4-12(5-7-14)10-18-3/h4-9,11,16H,10H2,1-3H3. The fraction of sp³-hybridized carbons (Fsp3) is 0.357. The molecule has 18 heavy (non-hydrogen) atoms. The van der Waals surface area contributed by atoms with E-state index in [0.717, 1.165) is 5.69 Å². The molecule has 2 aromatic rings. The van der Waals surface area contributed by atoms with E-state index in [4.69, 9.17) is 4.74 Å². The van der Waals surface area contributed by atoms with E-state index < -0.39 is 0 Å². The van der Waals surface area contributed by atoms with Crippen molar-refractivity contribution in [3.05, 3.63) is 47.8 Å². The van der Waals surface area contributed by atoms with Crippen LogP contribution in [0.4, 0.5) is 5.69 Å². The number of hydrogen-bond acceptors (Lipinski definition) is 3. The summed E-state index contributed by atoms with van der Waals surface area (Å²) in [5.41, 5.74) is 3.46. The summed E-state index contributed by atoms with van der Waals surface area (Å²) in [6, 6.07) is 8.53. The first kappa shape index (κ1) is 12.6. The molecule has 0 saturated heterocycles. The van der Waals surface area contributed by atoms with Crippen LogP contribution in [-0.2, 0) is 18.4 Å². The lowest BCUT2D eigenvalue weighted by atomic mass is 10.1. The first-order valence-corrected chi connectivity index (χ1v) is 6.02. The third-order valence-corrected chi connectivity index (χ3v) is 2.87. The van der Waals surface area contributed by atoms with Gasteiger partial charge in [0.2, 0.25) is 0 Å². The van der Waals surface area contributed by atoms with Crippen LogP contribution in [0.5, 0.6) is 0 Å². The summed E-state index contributed by atoms with van der Waals surface area (Å²) in [7, 11) is 3.63. The topological polar surface area (TPSA) is 39.1 Å². The van der Waals surface area contributed by atoms with Crippen LogP contribution >= 0.6 is 0 Å². The summed E-state index contributed by atoms with van der Waals surface area (Å²) in [6.07, 6.45) is 3.91. The maximum Gasteiger partial charge on any atom is 0.0713 e. The quantitative estimate of drug-likeness (QED) is 0.880. The van der Waals surface area contributed by atoms with Gasteiger partial charge in [-0.3, -0.25) is 4.68 Å². The Morgan fingerprint density at radius 1 is 1.33 bits per heavy atom. The van der Waals surface area contributed by atoms with E-state index in [1.54, 1.807) is 7.11 Å². The van der Waals surface area contributed by atoms with Gasteiger partial charge in [-0.05, 0) is 24.6 Å². The van der Waals surface area contributed by atoms with E-state index in [9.17, 15) is 0 Å². The molecule has 0 fully saturated rings. The summed E-state index contributed by atoms with van der Waals surface area (Å²) in [6.45, 7) is 2.78. The lowest BCUT2D eigenvalue weighted by Gasteiger charge is -2.13. The van der Waals surface area contributed by atoms with Crippen molar-refractivity contribution < 1.29 is 4.74 Å². The number of hydrogen-bond donors (Lipinski definition) is 1.